The molecule has 0 saturated carbocycles. The molecule has 23 heavy (non-hydrogen) atoms. The van der Waals surface area contributed by atoms with Gasteiger partial charge in [0.15, 0.2) is 0 Å². The van der Waals surface area contributed by atoms with E-state index in [1.165, 1.54) is 12.5 Å². The second-order valence-electron chi connectivity index (χ2n) is 5.96. The standard InChI is InChI=1S/C15H17N3O4S/c19-23(20,14-9-17-21-10-14)18-11-4-5-12(18)8-13(7-11)22-15-3-1-2-6-16-15/h1-3,6,9-13H,4-5,7-8H2. The number of hydrogen-bond donors (Lipinski definition) is 0. The van der Waals surface area contributed by atoms with Crippen molar-refractivity contribution in [2.45, 2.75) is 48.8 Å². The predicted molar refractivity (Wildman–Crippen MR) is 80.2 cm³/mol. The second-order valence-corrected chi connectivity index (χ2v) is 7.80. The van der Waals surface area contributed by atoms with Crippen LogP contribution in [0, 0.1) is 0 Å². The van der Waals surface area contributed by atoms with E-state index >= 15 is 0 Å². The Kier molecular flexibility index (Phi) is 3.57. The number of hydrogen-bond acceptors (Lipinski definition) is 6. The van der Waals surface area contributed by atoms with E-state index in [1.807, 2.05) is 18.2 Å². The van der Waals surface area contributed by atoms with E-state index in [4.69, 9.17) is 9.26 Å². The number of ether oxygens (including phenoxy) is 1. The summed E-state index contributed by atoms with van der Waals surface area (Å²) in [5.41, 5.74) is 0. The van der Waals surface area contributed by atoms with Gasteiger partial charge in [0.2, 0.25) is 15.9 Å². The molecular formula is C15H17N3O4S. The van der Waals surface area contributed by atoms with Gasteiger partial charge in [-0.2, -0.15) is 4.31 Å². The molecule has 2 bridgehead atoms. The molecule has 2 atom stereocenters. The topological polar surface area (TPSA) is 85.5 Å². The molecule has 0 aromatic carbocycles. The van der Waals surface area contributed by atoms with Gasteiger partial charge in [-0.25, -0.2) is 13.4 Å². The number of rotatable bonds is 4. The molecule has 2 aromatic heterocycles. The Morgan fingerprint density at radius 2 is 2.00 bits per heavy atom. The fourth-order valence-electron chi connectivity index (χ4n) is 3.60. The monoisotopic (exact) mass is 335 g/mol. The van der Waals surface area contributed by atoms with Crippen molar-refractivity contribution in [1.82, 2.24) is 14.4 Å². The van der Waals surface area contributed by atoms with Crippen molar-refractivity contribution >= 4 is 10.0 Å². The molecule has 2 aromatic rings. The molecule has 4 heterocycles. The van der Waals surface area contributed by atoms with Crippen LogP contribution >= 0.6 is 0 Å². The summed E-state index contributed by atoms with van der Waals surface area (Å²) in [5, 5.41) is 3.51. The zero-order valence-corrected chi connectivity index (χ0v) is 13.2. The van der Waals surface area contributed by atoms with Crippen molar-refractivity contribution in [2.24, 2.45) is 0 Å². The molecule has 0 radical (unpaired) electrons. The summed E-state index contributed by atoms with van der Waals surface area (Å²) in [7, 11) is -3.54. The van der Waals surface area contributed by atoms with Gasteiger partial charge >= 0.3 is 0 Å². The Bertz CT molecular complexity index is 749. The first kappa shape index (κ1) is 14.6. The molecular weight excluding hydrogens is 318 g/mol. The molecule has 0 spiro atoms. The van der Waals surface area contributed by atoms with Gasteiger partial charge in [0, 0.05) is 37.2 Å². The van der Waals surface area contributed by atoms with Gasteiger partial charge in [0.25, 0.3) is 0 Å². The highest BCUT2D eigenvalue weighted by molar-refractivity contribution is 7.89. The summed E-state index contributed by atoms with van der Waals surface area (Å²) >= 11 is 0. The van der Waals surface area contributed by atoms with Gasteiger partial charge in [-0.15, -0.1) is 0 Å². The largest absolute Gasteiger partial charge is 0.474 e. The Balaban J connectivity index is 1.52. The molecule has 0 N–H and O–H groups in total. The Hall–Kier alpha value is -1.93. The van der Waals surface area contributed by atoms with Crippen LogP contribution < -0.4 is 4.74 Å². The average Bonchev–Trinajstić information content (AvgIpc) is 3.16. The lowest BCUT2D eigenvalue weighted by molar-refractivity contribution is 0.0918. The number of nitrogens with zero attached hydrogens (tertiary/aromatic N) is 3. The van der Waals surface area contributed by atoms with Crippen LogP contribution in [0.5, 0.6) is 5.88 Å². The summed E-state index contributed by atoms with van der Waals surface area (Å²) in [5.74, 6) is 0.590. The summed E-state index contributed by atoms with van der Waals surface area (Å²) in [6.07, 6.45) is 7.20. The minimum atomic E-state index is -3.54. The van der Waals surface area contributed by atoms with E-state index < -0.39 is 10.0 Å². The van der Waals surface area contributed by atoms with Gasteiger partial charge in [-0.1, -0.05) is 11.2 Å². The molecule has 2 saturated heterocycles. The molecule has 0 aliphatic carbocycles. The Labute approximate surface area is 134 Å². The molecule has 2 aliphatic heterocycles. The maximum atomic E-state index is 12.7. The Morgan fingerprint density at radius 1 is 1.22 bits per heavy atom. The number of aromatic nitrogens is 2. The van der Waals surface area contributed by atoms with Crippen LogP contribution in [0.4, 0.5) is 0 Å². The van der Waals surface area contributed by atoms with Crippen molar-refractivity contribution in [1.29, 1.82) is 0 Å². The maximum absolute atomic E-state index is 12.7. The van der Waals surface area contributed by atoms with E-state index in [0.717, 1.165) is 12.8 Å². The van der Waals surface area contributed by atoms with Gasteiger partial charge in [-0.3, -0.25) is 0 Å². The zero-order chi connectivity index (χ0) is 15.9. The van der Waals surface area contributed by atoms with E-state index in [1.54, 1.807) is 10.5 Å². The molecule has 2 aliphatic rings. The normalized spacial score (nSPS) is 27.9. The van der Waals surface area contributed by atoms with Gasteiger partial charge in [0.1, 0.15) is 17.3 Å². The highest BCUT2D eigenvalue weighted by Gasteiger charge is 2.48. The lowest BCUT2D eigenvalue weighted by atomic mass is 10.0. The summed E-state index contributed by atoms with van der Waals surface area (Å²) < 4.78 is 37.7. The highest BCUT2D eigenvalue weighted by atomic mass is 32.2. The molecule has 2 fully saturated rings. The van der Waals surface area contributed by atoms with Crippen LogP contribution in [-0.2, 0) is 10.0 Å². The van der Waals surface area contributed by atoms with Gasteiger partial charge < -0.3 is 9.26 Å². The van der Waals surface area contributed by atoms with Crippen LogP contribution in [0.2, 0.25) is 0 Å². The SMILES string of the molecule is O=S(=O)(c1cnoc1)N1C2CCC1CC(Oc1ccccn1)C2. The van der Waals surface area contributed by atoms with Gasteiger partial charge in [0.05, 0.1) is 6.20 Å². The van der Waals surface area contributed by atoms with Gasteiger partial charge in [-0.05, 0) is 18.9 Å². The fraction of sp³-hybridized carbons (Fsp3) is 0.467. The summed E-state index contributed by atoms with van der Waals surface area (Å²) in [4.78, 5) is 4.30. The lowest BCUT2D eigenvalue weighted by Crippen LogP contribution is -2.49. The number of sulfonamides is 1. The third-order valence-electron chi connectivity index (χ3n) is 4.53. The molecule has 4 rings (SSSR count). The van der Waals surface area contributed by atoms with Crippen LogP contribution in [0.3, 0.4) is 0 Å². The van der Waals surface area contributed by atoms with Crippen molar-refractivity contribution in [3.63, 3.8) is 0 Å². The van der Waals surface area contributed by atoms with Crippen LogP contribution in [0.15, 0.2) is 46.3 Å². The van der Waals surface area contributed by atoms with Crippen molar-refractivity contribution in [2.75, 3.05) is 0 Å². The first-order valence-electron chi connectivity index (χ1n) is 7.65. The number of pyridine rings is 1. The van der Waals surface area contributed by atoms with E-state index in [2.05, 4.69) is 10.1 Å². The van der Waals surface area contributed by atoms with Crippen LogP contribution in [-0.4, -0.2) is 41.1 Å². The summed E-state index contributed by atoms with van der Waals surface area (Å²) in [6, 6.07) is 5.46. The molecule has 8 heteroatoms. The fourth-order valence-corrected chi connectivity index (χ4v) is 5.36. The average molecular weight is 335 g/mol. The second kappa shape index (κ2) is 5.61. The molecule has 122 valence electrons. The van der Waals surface area contributed by atoms with Crippen LogP contribution in [0.1, 0.15) is 25.7 Å². The third kappa shape index (κ3) is 2.61. The highest BCUT2D eigenvalue weighted by Crippen LogP contribution is 2.40. The van der Waals surface area contributed by atoms with E-state index in [-0.39, 0.29) is 23.1 Å². The molecule has 7 nitrogen and oxygen atoms in total. The van der Waals surface area contributed by atoms with E-state index in [0.29, 0.717) is 18.7 Å². The minimum absolute atomic E-state index is 0.00340. The maximum Gasteiger partial charge on any atom is 0.248 e. The Morgan fingerprint density at radius 3 is 2.61 bits per heavy atom. The molecule has 2 unspecified atom stereocenters. The first-order chi connectivity index (χ1) is 11.1. The summed E-state index contributed by atoms with van der Waals surface area (Å²) in [6.45, 7) is 0. The van der Waals surface area contributed by atoms with E-state index in [9.17, 15) is 8.42 Å². The predicted octanol–water partition coefficient (Wildman–Crippen LogP) is 1.83. The first-order valence-corrected chi connectivity index (χ1v) is 9.09. The minimum Gasteiger partial charge on any atom is -0.474 e. The number of fused-ring (bicyclic) bond motifs is 2. The lowest BCUT2D eigenvalue weighted by Gasteiger charge is -2.37. The number of piperidine rings is 1. The zero-order valence-electron chi connectivity index (χ0n) is 12.4. The van der Waals surface area contributed by atoms with Crippen molar-refractivity contribution < 1.29 is 17.7 Å². The quantitative estimate of drug-likeness (QED) is 0.847. The molecule has 0 amide bonds. The van der Waals surface area contributed by atoms with Crippen molar-refractivity contribution in [3.8, 4) is 5.88 Å². The smallest absolute Gasteiger partial charge is 0.248 e. The van der Waals surface area contributed by atoms with Crippen molar-refractivity contribution in [3.05, 3.63) is 36.9 Å². The third-order valence-corrected chi connectivity index (χ3v) is 6.48. The van der Waals surface area contributed by atoms with Crippen LogP contribution in [0.25, 0.3) is 0 Å².